The second-order valence-electron chi connectivity index (χ2n) is 6.86. The van der Waals surface area contributed by atoms with E-state index in [2.05, 4.69) is 0 Å². The van der Waals surface area contributed by atoms with Crippen LogP contribution in [0.5, 0.6) is 0 Å². The number of esters is 1. The molecule has 1 heterocycles. The summed E-state index contributed by atoms with van der Waals surface area (Å²) in [4.78, 5) is 12.3. The SMILES string of the molecule is Cc1ccc(S(=O)(=O)O[C@H](c2ccc(Cl)cc2Cl)[C@@H]2OC(=O)c3ccccc32)cc1. The number of ether oxygens (including phenoxy) is 1. The lowest BCUT2D eigenvalue weighted by molar-refractivity contribution is 0.000810. The van der Waals surface area contributed by atoms with Crippen LogP contribution in [0.25, 0.3) is 0 Å². The zero-order valence-corrected chi connectivity index (χ0v) is 18.0. The minimum Gasteiger partial charge on any atom is -0.451 e. The molecule has 0 aliphatic carbocycles. The van der Waals surface area contributed by atoms with Crippen molar-refractivity contribution in [3.8, 4) is 0 Å². The Morgan fingerprint density at radius 3 is 2.40 bits per heavy atom. The van der Waals surface area contributed by atoms with Gasteiger partial charge in [0.15, 0.2) is 6.10 Å². The fraction of sp³-hybridized carbons (Fsp3) is 0.136. The van der Waals surface area contributed by atoms with Gasteiger partial charge < -0.3 is 4.74 Å². The van der Waals surface area contributed by atoms with E-state index in [0.717, 1.165) is 5.56 Å². The smallest absolute Gasteiger partial charge is 0.339 e. The number of fused-ring (bicyclic) bond motifs is 1. The normalized spacial score (nSPS) is 16.8. The Kier molecular flexibility index (Phi) is 5.59. The van der Waals surface area contributed by atoms with Crippen molar-refractivity contribution in [2.24, 2.45) is 0 Å². The van der Waals surface area contributed by atoms with E-state index in [-0.39, 0.29) is 9.92 Å². The van der Waals surface area contributed by atoms with E-state index in [1.165, 1.54) is 18.2 Å². The van der Waals surface area contributed by atoms with E-state index >= 15 is 0 Å². The van der Waals surface area contributed by atoms with Gasteiger partial charge in [0.25, 0.3) is 10.1 Å². The molecule has 4 rings (SSSR count). The largest absolute Gasteiger partial charge is 0.451 e. The van der Waals surface area contributed by atoms with Gasteiger partial charge >= 0.3 is 5.97 Å². The summed E-state index contributed by atoms with van der Waals surface area (Å²) in [6.45, 7) is 1.85. The lowest BCUT2D eigenvalue weighted by Gasteiger charge is -2.24. The third kappa shape index (κ3) is 3.96. The maximum atomic E-state index is 13.0. The first-order chi connectivity index (χ1) is 14.3. The summed E-state index contributed by atoms with van der Waals surface area (Å²) in [7, 11) is -4.19. The number of hydrogen-bond acceptors (Lipinski definition) is 5. The molecule has 1 aliphatic rings. The van der Waals surface area contributed by atoms with Gasteiger partial charge in [0, 0.05) is 21.2 Å². The first-order valence-electron chi connectivity index (χ1n) is 9.01. The number of benzene rings is 3. The summed E-state index contributed by atoms with van der Waals surface area (Å²) in [5, 5.41) is 0.583. The number of aryl methyl sites for hydroxylation is 1. The van der Waals surface area contributed by atoms with Crippen LogP contribution in [0, 0.1) is 6.92 Å². The van der Waals surface area contributed by atoms with Crippen LogP contribution in [0.15, 0.2) is 71.6 Å². The van der Waals surface area contributed by atoms with Gasteiger partial charge in [0.1, 0.15) is 6.10 Å². The molecule has 2 atom stereocenters. The molecule has 3 aromatic rings. The highest BCUT2D eigenvalue weighted by Gasteiger charge is 2.41. The number of cyclic esters (lactones) is 1. The Balaban J connectivity index is 1.81. The number of rotatable bonds is 5. The highest BCUT2D eigenvalue weighted by Crippen LogP contribution is 2.45. The second-order valence-corrected chi connectivity index (χ2v) is 9.28. The molecule has 5 nitrogen and oxygen atoms in total. The molecule has 0 saturated carbocycles. The van der Waals surface area contributed by atoms with Gasteiger partial charge in [-0.25, -0.2) is 4.79 Å². The van der Waals surface area contributed by atoms with E-state index in [1.807, 2.05) is 6.92 Å². The fourth-order valence-corrected chi connectivity index (χ4v) is 4.87. The second kappa shape index (κ2) is 8.04. The van der Waals surface area contributed by atoms with Crippen LogP contribution in [-0.4, -0.2) is 14.4 Å². The van der Waals surface area contributed by atoms with Crippen molar-refractivity contribution in [3.05, 3.63) is 99.0 Å². The number of hydrogen-bond donors (Lipinski definition) is 0. The van der Waals surface area contributed by atoms with Crippen molar-refractivity contribution in [1.29, 1.82) is 0 Å². The Bertz CT molecular complexity index is 1220. The van der Waals surface area contributed by atoms with E-state index in [4.69, 9.17) is 32.1 Å². The van der Waals surface area contributed by atoms with Crippen molar-refractivity contribution in [1.82, 2.24) is 0 Å². The van der Waals surface area contributed by atoms with Crippen molar-refractivity contribution < 1.29 is 22.1 Å². The first-order valence-corrected chi connectivity index (χ1v) is 11.2. The summed E-state index contributed by atoms with van der Waals surface area (Å²) < 4.78 is 37.2. The summed E-state index contributed by atoms with van der Waals surface area (Å²) in [5.41, 5.74) is 2.13. The standard InChI is InChI=1S/C22H16Cl2O5S/c1-13-6-9-15(10-7-13)30(26,27)29-21(18-11-8-14(23)12-19(18)24)20-16-4-2-3-5-17(16)22(25)28-20/h2-12,20-21H,1H3/t20-,21-/m1/s1. The zero-order valence-electron chi connectivity index (χ0n) is 15.7. The minimum atomic E-state index is -4.19. The van der Waals surface area contributed by atoms with Gasteiger partial charge in [0.05, 0.1) is 10.5 Å². The molecule has 0 saturated heterocycles. The predicted molar refractivity (Wildman–Crippen MR) is 113 cm³/mol. The fourth-order valence-electron chi connectivity index (χ4n) is 3.29. The average molecular weight is 463 g/mol. The van der Waals surface area contributed by atoms with Gasteiger partial charge in [0.2, 0.25) is 0 Å². The lowest BCUT2D eigenvalue weighted by Crippen LogP contribution is -2.20. The Morgan fingerprint density at radius 1 is 1.00 bits per heavy atom. The lowest BCUT2D eigenvalue weighted by atomic mass is 9.97. The van der Waals surface area contributed by atoms with Crippen LogP contribution >= 0.6 is 23.2 Å². The molecule has 0 radical (unpaired) electrons. The summed E-state index contributed by atoms with van der Waals surface area (Å²) in [6.07, 6.45) is -2.19. The summed E-state index contributed by atoms with van der Waals surface area (Å²) >= 11 is 12.4. The molecule has 8 heteroatoms. The van der Waals surface area contributed by atoms with Crippen molar-refractivity contribution in [3.63, 3.8) is 0 Å². The van der Waals surface area contributed by atoms with Crippen molar-refractivity contribution in [2.75, 3.05) is 0 Å². The maximum absolute atomic E-state index is 13.0. The number of carbonyl (C=O) groups is 1. The maximum Gasteiger partial charge on any atom is 0.339 e. The van der Waals surface area contributed by atoms with Crippen LogP contribution in [0.3, 0.4) is 0 Å². The van der Waals surface area contributed by atoms with Gasteiger partial charge in [-0.15, -0.1) is 0 Å². The Labute approximate surface area is 184 Å². The molecule has 0 bridgehead atoms. The molecule has 30 heavy (non-hydrogen) atoms. The highest BCUT2D eigenvalue weighted by molar-refractivity contribution is 7.86. The zero-order chi connectivity index (χ0) is 21.5. The minimum absolute atomic E-state index is 0.0132. The molecule has 0 spiro atoms. The van der Waals surface area contributed by atoms with Gasteiger partial charge in [-0.1, -0.05) is 65.2 Å². The number of halogens is 2. The van der Waals surface area contributed by atoms with Crippen LogP contribution in [0.4, 0.5) is 0 Å². The molecule has 3 aromatic carbocycles. The van der Waals surface area contributed by atoms with Crippen molar-refractivity contribution in [2.45, 2.75) is 24.0 Å². The molecule has 0 aromatic heterocycles. The Morgan fingerprint density at radius 2 is 1.70 bits per heavy atom. The van der Waals surface area contributed by atoms with E-state index in [9.17, 15) is 13.2 Å². The molecular formula is C22H16Cl2O5S. The average Bonchev–Trinajstić information content (AvgIpc) is 3.04. The molecule has 0 fully saturated rings. The molecule has 0 unspecified atom stereocenters. The van der Waals surface area contributed by atoms with Gasteiger partial charge in [-0.3, -0.25) is 4.18 Å². The van der Waals surface area contributed by atoms with Crippen LogP contribution < -0.4 is 0 Å². The van der Waals surface area contributed by atoms with Gasteiger partial charge in [-0.2, -0.15) is 8.42 Å². The van der Waals surface area contributed by atoms with E-state index in [1.54, 1.807) is 48.5 Å². The van der Waals surface area contributed by atoms with E-state index < -0.39 is 28.3 Å². The number of carbonyl (C=O) groups excluding carboxylic acids is 1. The molecule has 0 amide bonds. The van der Waals surface area contributed by atoms with Crippen LogP contribution in [-0.2, 0) is 19.0 Å². The Hall–Kier alpha value is -2.38. The predicted octanol–water partition coefficient (Wildman–Crippen LogP) is 5.66. The van der Waals surface area contributed by atoms with Crippen molar-refractivity contribution >= 4 is 39.3 Å². The van der Waals surface area contributed by atoms with Gasteiger partial charge in [-0.05, 0) is 37.3 Å². The topological polar surface area (TPSA) is 69.7 Å². The third-order valence-corrected chi connectivity index (χ3v) is 6.68. The summed E-state index contributed by atoms with van der Waals surface area (Å²) in [5.74, 6) is -0.554. The highest BCUT2D eigenvalue weighted by atomic mass is 35.5. The molecule has 1 aliphatic heterocycles. The molecule has 154 valence electrons. The van der Waals surface area contributed by atoms with Crippen LogP contribution in [0.1, 0.15) is 39.3 Å². The van der Waals surface area contributed by atoms with E-state index in [0.29, 0.717) is 21.7 Å². The van der Waals surface area contributed by atoms with Crippen LogP contribution in [0.2, 0.25) is 10.0 Å². The molecule has 0 N–H and O–H groups in total. The molecular weight excluding hydrogens is 447 g/mol. The third-order valence-electron chi connectivity index (χ3n) is 4.81. The first kappa shape index (κ1) is 20.9. The monoisotopic (exact) mass is 462 g/mol. The quantitative estimate of drug-likeness (QED) is 0.361. The summed E-state index contributed by atoms with van der Waals surface area (Å²) in [6, 6.07) is 17.6.